The minimum atomic E-state index is -0.107. The third-order valence-electron chi connectivity index (χ3n) is 3.30. The van der Waals surface area contributed by atoms with Crippen molar-refractivity contribution in [1.29, 1.82) is 0 Å². The first-order chi connectivity index (χ1) is 9.56. The number of halogens is 1. The summed E-state index contributed by atoms with van der Waals surface area (Å²) < 4.78 is 0. The van der Waals surface area contributed by atoms with Crippen molar-refractivity contribution in [3.8, 4) is 0 Å². The summed E-state index contributed by atoms with van der Waals surface area (Å²) in [6.45, 7) is 4.57. The Hall–Kier alpha value is -1.59. The molecular weight excluding hydrogens is 290 g/mol. The lowest BCUT2D eigenvalue weighted by molar-refractivity contribution is -0.119. The Bertz CT molecular complexity index is 499. The summed E-state index contributed by atoms with van der Waals surface area (Å²) in [4.78, 5) is 23.6. The van der Waals surface area contributed by atoms with Crippen LogP contribution in [0.1, 0.15) is 26.7 Å². The number of rotatable bonds is 4. The molecule has 0 aromatic heterocycles. The first-order valence-electron chi connectivity index (χ1n) is 7.01. The molecule has 5 nitrogen and oxygen atoms in total. The molecule has 1 aliphatic heterocycles. The Morgan fingerprint density at radius 3 is 2.48 bits per heavy atom. The Morgan fingerprint density at radius 2 is 1.90 bits per heavy atom. The monoisotopic (exact) mass is 311 g/mol. The van der Waals surface area contributed by atoms with Gasteiger partial charge >= 0.3 is 0 Å². The molecule has 2 amide bonds. The van der Waals surface area contributed by atoms with Gasteiger partial charge < -0.3 is 16.0 Å². The van der Waals surface area contributed by atoms with Crippen LogP contribution in [0.25, 0.3) is 0 Å². The highest BCUT2D eigenvalue weighted by molar-refractivity contribution is 5.96. The summed E-state index contributed by atoms with van der Waals surface area (Å²) >= 11 is 0. The van der Waals surface area contributed by atoms with Crippen LogP contribution in [0.4, 0.5) is 11.4 Å². The van der Waals surface area contributed by atoms with Crippen molar-refractivity contribution in [1.82, 2.24) is 5.32 Å². The number of carbonyl (C=O) groups excluding carboxylic acids is 2. The fraction of sp³-hybridized carbons (Fsp3) is 0.467. The van der Waals surface area contributed by atoms with Gasteiger partial charge in [-0.05, 0) is 37.6 Å². The van der Waals surface area contributed by atoms with Gasteiger partial charge in [-0.2, -0.15) is 0 Å². The van der Waals surface area contributed by atoms with E-state index in [1.165, 1.54) is 0 Å². The molecule has 0 spiro atoms. The van der Waals surface area contributed by atoms with Crippen LogP contribution < -0.4 is 16.0 Å². The van der Waals surface area contributed by atoms with Gasteiger partial charge in [0.1, 0.15) is 0 Å². The van der Waals surface area contributed by atoms with E-state index >= 15 is 0 Å². The summed E-state index contributed by atoms with van der Waals surface area (Å²) in [6.07, 6.45) is 1.90. The fourth-order valence-electron chi connectivity index (χ4n) is 2.10. The number of nitrogens with one attached hydrogen (secondary N) is 3. The molecule has 0 unspecified atom stereocenters. The molecule has 2 rings (SSSR count). The van der Waals surface area contributed by atoms with Crippen LogP contribution >= 0.6 is 12.4 Å². The van der Waals surface area contributed by atoms with E-state index in [2.05, 4.69) is 16.0 Å². The van der Waals surface area contributed by atoms with Gasteiger partial charge in [0.25, 0.3) is 0 Å². The molecule has 1 aromatic rings. The van der Waals surface area contributed by atoms with Crippen LogP contribution in [0.3, 0.4) is 0 Å². The van der Waals surface area contributed by atoms with Crippen LogP contribution in [0.5, 0.6) is 0 Å². The van der Waals surface area contributed by atoms with Gasteiger partial charge in [0.15, 0.2) is 0 Å². The SMILES string of the molecule is CC(C)C(=O)Nc1cccc(NC(=O)[C@@H]2CCCN2)c1.Cl. The standard InChI is InChI=1S/C15H21N3O2.ClH/c1-10(2)14(19)17-11-5-3-6-12(9-11)18-15(20)13-7-4-8-16-13;/h3,5-6,9-10,13,16H,4,7-8H2,1-2H3,(H,17,19)(H,18,20);1H/t13-;/m0./s1. The number of carbonyl (C=O) groups is 2. The topological polar surface area (TPSA) is 70.2 Å². The molecule has 1 aliphatic rings. The number of benzene rings is 1. The van der Waals surface area contributed by atoms with Gasteiger partial charge in [0, 0.05) is 17.3 Å². The highest BCUT2D eigenvalue weighted by Crippen LogP contribution is 2.17. The number of anilines is 2. The molecule has 1 heterocycles. The molecule has 116 valence electrons. The first kappa shape index (κ1) is 17.5. The van der Waals surface area contributed by atoms with E-state index < -0.39 is 0 Å². The second kappa shape index (κ2) is 8.00. The van der Waals surface area contributed by atoms with E-state index in [1.54, 1.807) is 6.07 Å². The van der Waals surface area contributed by atoms with E-state index in [9.17, 15) is 9.59 Å². The zero-order chi connectivity index (χ0) is 14.5. The second-order valence-electron chi connectivity index (χ2n) is 5.36. The smallest absolute Gasteiger partial charge is 0.241 e. The van der Waals surface area contributed by atoms with Crippen molar-refractivity contribution in [3.05, 3.63) is 24.3 Å². The van der Waals surface area contributed by atoms with Gasteiger partial charge in [-0.15, -0.1) is 12.4 Å². The van der Waals surface area contributed by atoms with Gasteiger partial charge in [-0.25, -0.2) is 0 Å². The quantitative estimate of drug-likeness (QED) is 0.799. The van der Waals surface area contributed by atoms with Crippen LogP contribution in [0.2, 0.25) is 0 Å². The maximum atomic E-state index is 12.0. The molecule has 1 saturated heterocycles. The van der Waals surface area contributed by atoms with E-state index in [-0.39, 0.29) is 36.2 Å². The minimum Gasteiger partial charge on any atom is -0.326 e. The van der Waals surface area contributed by atoms with Crippen molar-refractivity contribution in [2.24, 2.45) is 5.92 Å². The van der Waals surface area contributed by atoms with E-state index in [0.29, 0.717) is 11.4 Å². The van der Waals surface area contributed by atoms with Gasteiger partial charge in [0.2, 0.25) is 11.8 Å². The molecule has 1 aromatic carbocycles. The van der Waals surface area contributed by atoms with Crippen molar-refractivity contribution >= 4 is 35.6 Å². The predicted octanol–water partition coefficient (Wildman–Crippen LogP) is 2.39. The van der Waals surface area contributed by atoms with Crippen LogP contribution in [-0.2, 0) is 9.59 Å². The molecule has 0 radical (unpaired) electrons. The van der Waals surface area contributed by atoms with E-state index in [4.69, 9.17) is 0 Å². The molecular formula is C15H22ClN3O2. The lowest BCUT2D eigenvalue weighted by Crippen LogP contribution is -2.35. The van der Waals surface area contributed by atoms with Crippen LogP contribution in [0.15, 0.2) is 24.3 Å². The maximum absolute atomic E-state index is 12.0. The van der Waals surface area contributed by atoms with Gasteiger partial charge in [0.05, 0.1) is 6.04 Å². The Balaban J connectivity index is 0.00000220. The van der Waals surface area contributed by atoms with Crippen LogP contribution in [0, 0.1) is 5.92 Å². The predicted molar refractivity (Wildman–Crippen MR) is 86.8 cm³/mol. The van der Waals surface area contributed by atoms with Gasteiger partial charge in [-0.1, -0.05) is 19.9 Å². The lowest BCUT2D eigenvalue weighted by Gasteiger charge is -2.13. The number of hydrogen-bond donors (Lipinski definition) is 3. The molecule has 3 N–H and O–H groups in total. The highest BCUT2D eigenvalue weighted by atomic mass is 35.5. The molecule has 6 heteroatoms. The molecule has 21 heavy (non-hydrogen) atoms. The summed E-state index contributed by atoms with van der Waals surface area (Å²) in [5.74, 6) is -0.128. The van der Waals surface area contributed by atoms with E-state index in [1.807, 2.05) is 32.0 Å². The summed E-state index contributed by atoms with van der Waals surface area (Å²) in [6, 6.07) is 7.10. The maximum Gasteiger partial charge on any atom is 0.241 e. The normalized spacial score (nSPS) is 17.2. The average molecular weight is 312 g/mol. The summed E-state index contributed by atoms with van der Waals surface area (Å²) in [7, 11) is 0. The zero-order valence-electron chi connectivity index (χ0n) is 12.3. The largest absolute Gasteiger partial charge is 0.326 e. The second-order valence-corrected chi connectivity index (χ2v) is 5.36. The first-order valence-corrected chi connectivity index (χ1v) is 7.01. The van der Waals surface area contributed by atoms with E-state index in [0.717, 1.165) is 19.4 Å². The van der Waals surface area contributed by atoms with Crippen molar-refractivity contribution in [2.75, 3.05) is 17.2 Å². The molecule has 0 aliphatic carbocycles. The van der Waals surface area contributed by atoms with Crippen LogP contribution in [-0.4, -0.2) is 24.4 Å². The molecule has 0 bridgehead atoms. The average Bonchev–Trinajstić information content (AvgIpc) is 2.92. The summed E-state index contributed by atoms with van der Waals surface area (Å²) in [5.41, 5.74) is 1.39. The Morgan fingerprint density at radius 1 is 1.24 bits per heavy atom. The van der Waals surface area contributed by atoms with Gasteiger partial charge in [-0.3, -0.25) is 9.59 Å². The molecule has 0 saturated carbocycles. The number of amides is 2. The molecule has 1 atom stereocenters. The van der Waals surface area contributed by atoms with Crippen molar-refractivity contribution in [2.45, 2.75) is 32.7 Å². The Labute approximate surface area is 131 Å². The summed E-state index contributed by atoms with van der Waals surface area (Å²) in [5, 5.41) is 8.85. The van der Waals surface area contributed by atoms with Crippen molar-refractivity contribution in [3.63, 3.8) is 0 Å². The third-order valence-corrected chi connectivity index (χ3v) is 3.30. The zero-order valence-corrected chi connectivity index (χ0v) is 13.1. The third kappa shape index (κ3) is 5.02. The lowest BCUT2D eigenvalue weighted by atomic mass is 10.2. The van der Waals surface area contributed by atoms with Crippen molar-refractivity contribution < 1.29 is 9.59 Å². The Kier molecular flexibility index (Phi) is 6.65. The fourth-order valence-corrected chi connectivity index (χ4v) is 2.10. The molecule has 1 fully saturated rings. The minimum absolute atomic E-state index is 0. The number of hydrogen-bond acceptors (Lipinski definition) is 3. The highest BCUT2D eigenvalue weighted by Gasteiger charge is 2.21.